The van der Waals surface area contributed by atoms with E-state index in [9.17, 15) is 9.18 Å². The van der Waals surface area contributed by atoms with Crippen LogP contribution in [0.25, 0.3) is 16.6 Å². The molecule has 1 aliphatic carbocycles. The Morgan fingerprint density at radius 1 is 1.05 bits per heavy atom. The molecule has 0 spiro atoms. The van der Waals surface area contributed by atoms with E-state index < -0.39 is 0 Å². The van der Waals surface area contributed by atoms with Gasteiger partial charge in [-0.05, 0) is 72.0 Å². The lowest BCUT2D eigenvalue weighted by Gasteiger charge is -2.25. The third-order valence-corrected chi connectivity index (χ3v) is 8.24. The van der Waals surface area contributed by atoms with Crippen molar-refractivity contribution in [3.05, 3.63) is 113 Å². The first kappa shape index (κ1) is 22.0. The molecule has 37 heavy (non-hydrogen) atoms. The highest BCUT2D eigenvalue weighted by atomic mass is 19.1. The lowest BCUT2D eigenvalue weighted by atomic mass is 9.86. The van der Waals surface area contributed by atoms with Crippen molar-refractivity contribution in [2.45, 2.75) is 18.3 Å². The maximum atomic E-state index is 13.5. The Kier molecular flexibility index (Phi) is 4.67. The van der Waals surface area contributed by atoms with Gasteiger partial charge in [-0.25, -0.2) is 9.07 Å². The normalized spacial score (nSPS) is 22.4. The van der Waals surface area contributed by atoms with Gasteiger partial charge in [-0.1, -0.05) is 30.3 Å². The molecule has 0 unspecified atom stereocenters. The number of hydrogen-bond acceptors (Lipinski definition) is 3. The van der Waals surface area contributed by atoms with Crippen LogP contribution in [0.3, 0.4) is 0 Å². The van der Waals surface area contributed by atoms with E-state index in [4.69, 9.17) is 0 Å². The molecule has 6 nitrogen and oxygen atoms in total. The minimum absolute atomic E-state index is 0.0122. The molecule has 3 heterocycles. The van der Waals surface area contributed by atoms with Crippen LogP contribution in [0.15, 0.2) is 85.2 Å². The predicted octanol–water partition coefficient (Wildman–Crippen LogP) is 5.01. The van der Waals surface area contributed by atoms with Crippen LogP contribution in [-0.4, -0.2) is 43.5 Å². The van der Waals surface area contributed by atoms with Crippen molar-refractivity contribution in [1.82, 2.24) is 24.5 Å². The van der Waals surface area contributed by atoms with Gasteiger partial charge in [-0.2, -0.15) is 10.2 Å². The maximum Gasteiger partial charge on any atom is 0.274 e. The number of aryl methyl sites for hydroxylation is 2. The standard InChI is InChI=1S/C30H26FN5O/c1-19-14-27-21(16-32-36(27)23-10-8-22(31)9-11-23)15-24(19)30-18-35(29(37)26-12-13-34(2)33-26)17-25(30)28(30)20-6-4-3-5-7-20/h3-16,25,28H,17-18H2,1-2H3/t25-,28-,30+/m0/s1. The Morgan fingerprint density at radius 2 is 1.84 bits per heavy atom. The molecule has 7 rings (SSSR count). The Labute approximate surface area is 213 Å². The Hall–Kier alpha value is -4.26. The van der Waals surface area contributed by atoms with Gasteiger partial charge in [0.1, 0.15) is 11.5 Å². The van der Waals surface area contributed by atoms with Crippen LogP contribution in [0.4, 0.5) is 4.39 Å². The number of benzene rings is 3. The lowest BCUT2D eigenvalue weighted by molar-refractivity contribution is 0.0762. The Morgan fingerprint density at radius 3 is 2.57 bits per heavy atom. The predicted molar refractivity (Wildman–Crippen MR) is 139 cm³/mol. The largest absolute Gasteiger partial charge is 0.336 e. The molecule has 3 atom stereocenters. The molecule has 1 amide bonds. The van der Waals surface area contributed by atoms with E-state index >= 15 is 0 Å². The summed E-state index contributed by atoms with van der Waals surface area (Å²) < 4.78 is 17.0. The first-order valence-corrected chi connectivity index (χ1v) is 12.5. The monoisotopic (exact) mass is 491 g/mol. The molecule has 2 aliphatic rings. The van der Waals surface area contributed by atoms with Crippen LogP contribution in [0.2, 0.25) is 0 Å². The molecule has 1 saturated heterocycles. The number of amides is 1. The first-order chi connectivity index (χ1) is 18.0. The van der Waals surface area contributed by atoms with E-state index in [-0.39, 0.29) is 17.1 Å². The second kappa shape index (κ2) is 7.87. The van der Waals surface area contributed by atoms with Gasteiger partial charge < -0.3 is 4.90 Å². The summed E-state index contributed by atoms with van der Waals surface area (Å²) >= 11 is 0. The summed E-state index contributed by atoms with van der Waals surface area (Å²) in [7, 11) is 1.83. The molecule has 2 aromatic heterocycles. The zero-order valence-corrected chi connectivity index (χ0v) is 20.7. The van der Waals surface area contributed by atoms with Gasteiger partial charge in [0, 0.05) is 43.1 Å². The molecule has 0 N–H and O–H groups in total. The van der Waals surface area contributed by atoms with E-state index in [1.165, 1.54) is 28.8 Å². The SMILES string of the molecule is Cc1cc2c(cnn2-c2ccc(F)cc2)cc1[C@]12CN(C(=O)c3ccn(C)n3)C[C@H]1[C@@H]2c1ccccc1. The Balaban J connectivity index is 1.31. The second-order valence-electron chi connectivity index (χ2n) is 10.4. The van der Waals surface area contributed by atoms with E-state index in [2.05, 4.69) is 53.5 Å². The van der Waals surface area contributed by atoms with Crippen molar-refractivity contribution in [3.63, 3.8) is 0 Å². The average Bonchev–Trinajstić information content (AvgIpc) is 3.32. The number of aromatic nitrogens is 4. The fourth-order valence-electron chi connectivity index (χ4n) is 6.58. The van der Waals surface area contributed by atoms with E-state index in [1.807, 2.05) is 35.1 Å². The molecule has 1 aliphatic heterocycles. The number of piperidine rings is 1. The molecule has 184 valence electrons. The number of fused-ring (bicyclic) bond motifs is 2. The van der Waals surface area contributed by atoms with Gasteiger partial charge in [-0.15, -0.1) is 0 Å². The molecule has 2 fully saturated rings. The van der Waals surface area contributed by atoms with Gasteiger partial charge in [-0.3, -0.25) is 9.48 Å². The molecule has 3 aromatic carbocycles. The number of nitrogens with zero attached hydrogens (tertiary/aromatic N) is 5. The third-order valence-electron chi connectivity index (χ3n) is 8.24. The molecular formula is C30H26FN5O. The average molecular weight is 492 g/mol. The van der Waals surface area contributed by atoms with Crippen LogP contribution in [0.1, 0.15) is 33.1 Å². The van der Waals surface area contributed by atoms with E-state index in [0.717, 1.165) is 16.6 Å². The van der Waals surface area contributed by atoms with Gasteiger partial charge in [0.2, 0.25) is 0 Å². The first-order valence-electron chi connectivity index (χ1n) is 12.5. The molecule has 0 radical (unpaired) electrons. The lowest BCUT2D eigenvalue weighted by Crippen LogP contribution is -2.35. The zero-order chi connectivity index (χ0) is 25.3. The van der Waals surface area contributed by atoms with Crippen molar-refractivity contribution in [1.29, 1.82) is 0 Å². The van der Waals surface area contributed by atoms with Crippen molar-refractivity contribution in [2.75, 3.05) is 13.1 Å². The van der Waals surface area contributed by atoms with Crippen molar-refractivity contribution in [2.24, 2.45) is 13.0 Å². The minimum atomic E-state index is -0.268. The van der Waals surface area contributed by atoms with Crippen LogP contribution in [-0.2, 0) is 12.5 Å². The van der Waals surface area contributed by atoms with Crippen LogP contribution >= 0.6 is 0 Å². The second-order valence-corrected chi connectivity index (χ2v) is 10.4. The highest BCUT2D eigenvalue weighted by molar-refractivity contribution is 5.93. The topological polar surface area (TPSA) is 56.0 Å². The van der Waals surface area contributed by atoms with Crippen LogP contribution < -0.4 is 0 Å². The summed E-state index contributed by atoms with van der Waals surface area (Å²) in [5.74, 6) is 0.410. The summed E-state index contributed by atoms with van der Waals surface area (Å²) in [6.45, 7) is 3.51. The summed E-state index contributed by atoms with van der Waals surface area (Å²) in [6, 6.07) is 23.2. The fraction of sp³-hybridized carbons (Fsp3) is 0.233. The van der Waals surface area contributed by atoms with E-state index in [1.54, 1.807) is 22.9 Å². The molecule has 1 saturated carbocycles. The van der Waals surface area contributed by atoms with Crippen LogP contribution in [0.5, 0.6) is 0 Å². The number of halogens is 1. The van der Waals surface area contributed by atoms with Gasteiger partial charge in [0.25, 0.3) is 5.91 Å². The van der Waals surface area contributed by atoms with E-state index in [0.29, 0.717) is 30.6 Å². The smallest absolute Gasteiger partial charge is 0.274 e. The van der Waals surface area contributed by atoms with Gasteiger partial charge in [0.15, 0.2) is 0 Å². The summed E-state index contributed by atoms with van der Waals surface area (Å²) in [4.78, 5) is 15.3. The summed E-state index contributed by atoms with van der Waals surface area (Å²) in [5, 5.41) is 10.0. The van der Waals surface area contributed by atoms with Crippen LogP contribution in [0, 0.1) is 18.7 Å². The minimum Gasteiger partial charge on any atom is -0.336 e. The van der Waals surface area contributed by atoms with Gasteiger partial charge >= 0.3 is 0 Å². The van der Waals surface area contributed by atoms with Gasteiger partial charge in [0.05, 0.1) is 17.4 Å². The fourth-order valence-corrected chi connectivity index (χ4v) is 6.58. The number of hydrogen-bond donors (Lipinski definition) is 0. The number of carbonyl (C=O) groups excluding carboxylic acids is 1. The van der Waals surface area contributed by atoms with Crippen molar-refractivity contribution in [3.8, 4) is 5.69 Å². The molecule has 0 bridgehead atoms. The Bertz CT molecular complexity index is 1650. The number of likely N-dealkylation sites (tertiary alicyclic amines) is 1. The highest BCUT2D eigenvalue weighted by Crippen LogP contribution is 2.69. The summed E-state index contributed by atoms with van der Waals surface area (Å²) in [5.41, 5.74) is 5.91. The third kappa shape index (κ3) is 3.26. The zero-order valence-electron chi connectivity index (χ0n) is 20.7. The quantitative estimate of drug-likeness (QED) is 0.355. The number of rotatable bonds is 4. The molecular weight excluding hydrogens is 465 g/mol. The highest BCUT2D eigenvalue weighted by Gasteiger charge is 2.71. The number of carbonyl (C=O) groups is 1. The van der Waals surface area contributed by atoms with Crippen molar-refractivity contribution >= 4 is 16.8 Å². The van der Waals surface area contributed by atoms with Crippen molar-refractivity contribution < 1.29 is 9.18 Å². The molecule has 7 heteroatoms. The summed E-state index contributed by atoms with van der Waals surface area (Å²) in [6.07, 6.45) is 3.68. The maximum absolute atomic E-state index is 13.5. The molecule has 5 aromatic rings.